The second-order valence-corrected chi connectivity index (χ2v) is 40.4. The molecule has 0 radical (unpaired) electrons. The Morgan fingerprint density at radius 1 is 0.323 bits per heavy atom. The number of aromatic nitrogens is 10. The maximum absolute atomic E-state index is 13.5. The number of ether oxygens (including phenoxy) is 1. The first-order valence-corrected chi connectivity index (χ1v) is 43.8. The van der Waals surface area contributed by atoms with E-state index in [1.165, 1.54) is 59.9 Å². The summed E-state index contributed by atoms with van der Waals surface area (Å²) in [7, 11) is 1.47. The largest absolute Gasteiger partial charge is 0.494 e. The first-order chi connectivity index (χ1) is 56.7. The van der Waals surface area contributed by atoms with Crippen LogP contribution in [0, 0.1) is 79.8 Å². The molecule has 0 amide bonds. The Bertz CT molecular complexity index is 4560. The van der Waals surface area contributed by atoms with Crippen molar-refractivity contribution in [3.05, 3.63) is 325 Å². The normalized spacial score (nSPS) is 11.8. The summed E-state index contributed by atoms with van der Waals surface area (Å²) in [6.07, 6.45) is 10.1. The molecule has 11 nitrogen and oxygen atoms in total. The molecule has 14 heteroatoms. The second-order valence-electron chi connectivity index (χ2n) is 40.4. The van der Waals surface area contributed by atoms with E-state index in [1.807, 2.05) is 165 Å². The molecular weight excluding hydrogens is 1530 g/mol. The number of rotatable bonds is 6. The number of aryl methyl sites for hydroxylation is 9. The van der Waals surface area contributed by atoms with Crippen LogP contribution in [-0.4, -0.2) is 56.9 Å². The van der Waals surface area contributed by atoms with Gasteiger partial charge in [0.05, 0.1) is 24.2 Å². The van der Waals surface area contributed by atoms with Crippen LogP contribution in [0.2, 0.25) is 0 Å². The van der Waals surface area contributed by atoms with Gasteiger partial charge in [0.1, 0.15) is 11.6 Å². The van der Waals surface area contributed by atoms with Gasteiger partial charge in [0.2, 0.25) is 0 Å². The number of hydrogen-bond acceptors (Lipinski definition) is 11. The molecule has 0 saturated heterocycles. The lowest BCUT2D eigenvalue weighted by molar-refractivity contribution is 0.383. The lowest BCUT2D eigenvalue weighted by Crippen LogP contribution is -2.16. The predicted molar refractivity (Wildman–Crippen MR) is 524 cm³/mol. The van der Waals surface area contributed by atoms with Gasteiger partial charge in [-0.1, -0.05) is 281 Å². The maximum Gasteiger partial charge on any atom is 0.168 e. The van der Waals surface area contributed by atoms with Crippen molar-refractivity contribution in [1.29, 1.82) is 0 Å². The molecule has 9 heterocycles. The molecule has 2 aromatic carbocycles. The van der Waals surface area contributed by atoms with Gasteiger partial charge < -0.3 is 4.74 Å². The number of methoxy groups -OCH3 is 1. The topological polar surface area (TPSA) is 138 Å². The molecule has 1 fully saturated rings. The fraction of sp³-hybridized carbons (Fsp3) is 0.491. The lowest BCUT2D eigenvalue weighted by atomic mass is 9.86. The number of nitrogens with zero attached hydrogens (tertiary/aromatic N) is 10. The van der Waals surface area contributed by atoms with Crippen molar-refractivity contribution in [1.82, 2.24) is 49.8 Å². The van der Waals surface area contributed by atoms with E-state index in [0.29, 0.717) is 34.8 Å². The minimum atomic E-state index is -0.241. The highest BCUT2D eigenvalue weighted by atomic mass is 19.1. The first-order valence-electron chi connectivity index (χ1n) is 43.8. The highest BCUT2D eigenvalue weighted by Crippen LogP contribution is 2.40. The molecule has 0 aliphatic heterocycles. The monoisotopic (exact) mass is 1700 g/mol. The molecule has 1 aliphatic carbocycles. The summed E-state index contributed by atoms with van der Waals surface area (Å²) in [5.74, 6) is 2.32. The van der Waals surface area contributed by atoms with Crippen LogP contribution in [0.3, 0.4) is 0 Å². The van der Waals surface area contributed by atoms with Gasteiger partial charge in [-0.3, -0.25) is 49.8 Å². The average molecular weight is 1700 g/mol. The molecule has 678 valence electrons. The number of hydrogen-bond donors (Lipinski definition) is 0. The van der Waals surface area contributed by atoms with Gasteiger partial charge in [0.15, 0.2) is 11.6 Å². The van der Waals surface area contributed by atoms with E-state index in [-0.39, 0.29) is 68.7 Å². The first kappa shape index (κ1) is 112. The van der Waals surface area contributed by atoms with Crippen molar-refractivity contribution in [2.45, 2.75) is 351 Å². The molecule has 1 aliphatic rings. The van der Waals surface area contributed by atoms with Crippen LogP contribution < -0.4 is 4.74 Å². The van der Waals surface area contributed by atoms with E-state index in [2.05, 4.69) is 282 Å². The van der Waals surface area contributed by atoms with Gasteiger partial charge in [-0.15, -0.1) is 0 Å². The Kier molecular flexibility index (Phi) is 46.8. The van der Waals surface area contributed by atoms with Gasteiger partial charge in [0, 0.05) is 132 Å². The fourth-order valence-electron chi connectivity index (χ4n) is 11.3. The Morgan fingerprint density at radius 2 is 0.694 bits per heavy atom. The number of halogens is 3. The third kappa shape index (κ3) is 43.8. The summed E-state index contributed by atoms with van der Waals surface area (Å²) in [6.45, 7) is 79.3. The maximum atomic E-state index is 13.5. The minimum Gasteiger partial charge on any atom is -0.494 e. The van der Waals surface area contributed by atoms with Crippen molar-refractivity contribution in [3.63, 3.8) is 0 Å². The van der Waals surface area contributed by atoms with Crippen LogP contribution in [0.5, 0.6) is 5.75 Å². The van der Waals surface area contributed by atoms with Crippen LogP contribution in [0.1, 0.15) is 370 Å². The van der Waals surface area contributed by atoms with Crippen LogP contribution in [0.25, 0.3) is 0 Å². The molecule has 12 rings (SSSR count). The van der Waals surface area contributed by atoms with Crippen LogP contribution >= 0.6 is 0 Å². The third-order valence-electron chi connectivity index (χ3n) is 19.1. The quantitative estimate of drug-likeness (QED) is 0.157. The Balaban J connectivity index is 0.000000682. The molecule has 9 aromatic heterocycles. The highest BCUT2D eigenvalue weighted by Gasteiger charge is 2.27. The van der Waals surface area contributed by atoms with E-state index < -0.39 is 0 Å². The SMILES string of the molecule is C.CC(C)(C)c1cccc(C2CC2)n1.COc1cccc(C(C)C)c1F.Cc1ccc(F)c(C(C)(C)C)n1.Cc1cccc(C(C)(C)C)c1F.Cc1cccc(C(C)(C)C)n1.Cc1cccc(C(C)(C)C)n1.Cc1cccc(C(C)(C)C)n1.Cc1cccc(C(C)C)n1.Cc1cccc(C(C)C)n1.Cc1cncc(C(C)(C)C)c1.Cc1cncc(C(C)C)n1. The fourth-order valence-corrected chi connectivity index (χ4v) is 11.3. The summed E-state index contributed by atoms with van der Waals surface area (Å²) in [5, 5.41) is 0. The number of pyridine rings is 8. The number of benzene rings is 2. The molecule has 0 spiro atoms. The molecule has 0 bridgehead atoms. The van der Waals surface area contributed by atoms with Gasteiger partial charge >= 0.3 is 0 Å². The van der Waals surface area contributed by atoms with Gasteiger partial charge in [-0.25, -0.2) is 13.2 Å². The molecule has 0 unspecified atom stereocenters. The van der Waals surface area contributed by atoms with E-state index in [9.17, 15) is 13.2 Å². The molecule has 0 atom stereocenters. The molecule has 0 N–H and O–H groups in total. The lowest BCUT2D eigenvalue weighted by Gasteiger charge is -2.20. The predicted octanol–water partition coefficient (Wildman–Crippen LogP) is 30.8. The van der Waals surface area contributed by atoms with Crippen molar-refractivity contribution < 1.29 is 17.9 Å². The Labute approximate surface area is 752 Å². The van der Waals surface area contributed by atoms with E-state index in [1.54, 1.807) is 43.5 Å². The molecule has 11 aromatic rings. The minimum absolute atomic E-state index is 0. The Hall–Kier alpha value is -9.69. The van der Waals surface area contributed by atoms with E-state index >= 15 is 0 Å². The van der Waals surface area contributed by atoms with Gasteiger partial charge in [0.25, 0.3) is 0 Å². The van der Waals surface area contributed by atoms with E-state index in [0.717, 1.165) is 79.7 Å². The van der Waals surface area contributed by atoms with Crippen LogP contribution in [0.15, 0.2) is 189 Å². The van der Waals surface area contributed by atoms with Crippen LogP contribution in [0.4, 0.5) is 13.2 Å². The standard InChI is InChI=1S/C12H17N.C11H15F.C10H14FN.C10H13FO.4C10H15N.2C9H13N.C8H12N2.CH4/c1-12(2,3)11-6-4-5-10(13-11)9-7-8-9;1-8-6-5-7-9(10(8)12)11(2,3)4;1-7-5-6-8(11)9(12-7)10(2,3)4;1-7(2)8-5-4-6-9(12-3)10(8)11;1-8-5-9(7-11-6-8)10(2,3)4;3*1-8-6-5-7-9(11-8)10(2,3)4;2*1-7(2)9-6-4-5-8(3)10-9;1-6(2)8-5-9-4-7(3)10-8;/h4-6,9H,7-8H2,1-3H3;5-7H,1-4H3;5-6H,1-4H3;4-7H,1-3H3;4*5-7H,1-4H3;2*4-7H,1-3H3;4-6H,1-3H3;1H4. The summed E-state index contributed by atoms with van der Waals surface area (Å²) >= 11 is 0. The average Bonchev–Trinajstić information content (AvgIpc) is 1.73. The Morgan fingerprint density at radius 3 is 0.992 bits per heavy atom. The van der Waals surface area contributed by atoms with Crippen molar-refractivity contribution in [2.75, 3.05) is 7.11 Å². The highest BCUT2D eigenvalue weighted by molar-refractivity contribution is 5.34. The summed E-state index contributed by atoms with van der Waals surface area (Å²) in [6, 6.07) is 53.3. The zero-order valence-electron chi connectivity index (χ0n) is 83.2. The zero-order chi connectivity index (χ0) is 93.9. The summed E-state index contributed by atoms with van der Waals surface area (Å²) < 4.78 is 45.0. The van der Waals surface area contributed by atoms with Crippen molar-refractivity contribution in [3.8, 4) is 5.75 Å². The molecule has 124 heavy (non-hydrogen) atoms. The second kappa shape index (κ2) is 51.7. The zero-order valence-corrected chi connectivity index (χ0v) is 83.2. The third-order valence-corrected chi connectivity index (χ3v) is 19.1. The summed E-state index contributed by atoms with van der Waals surface area (Å²) in [5.41, 5.74) is 22.7. The van der Waals surface area contributed by atoms with E-state index in [4.69, 9.17) is 9.72 Å². The van der Waals surface area contributed by atoms with Crippen molar-refractivity contribution in [2.24, 2.45) is 0 Å². The smallest absolute Gasteiger partial charge is 0.168 e. The van der Waals surface area contributed by atoms with Crippen LogP contribution in [-0.2, 0) is 37.9 Å². The van der Waals surface area contributed by atoms with Gasteiger partial charge in [-0.2, -0.15) is 0 Å². The molecular formula is C110H161F3N10O. The van der Waals surface area contributed by atoms with Crippen molar-refractivity contribution >= 4 is 0 Å². The van der Waals surface area contributed by atoms with Gasteiger partial charge in [-0.05, 0) is 228 Å². The summed E-state index contributed by atoms with van der Waals surface area (Å²) in [4.78, 5) is 43.5. The molecule has 1 saturated carbocycles.